The van der Waals surface area contributed by atoms with Crippen LogP contribution in [-0.4, -0.2) is 45.5 Å². The highest BCUT2D eigenvalue weighted by atomic mass is 16.2. The van der Waals surface area contributed by atoms with Gasteiger partial charge in [-0.15, -0.1) is 10.2 Å². The third-order valence-corrected chi connectivity index (χ3v) is 4.83. The van der Waals surface area contributed by atoms with Crippen LogP contribution in [0.25, 0.3) is 22.4 Å². The van der Waals surface area contributed by atoms with Gasteiger partial charge in [-0.2, -0.15) is 0 Å². The number of aromatic nitrogens is 2. The van der Waals surface area contributed by atoms with Crippen LogP contribution in [0.5, 0.6) is 0 Å². The lowest BCUT2D eigenvalue weighted by atomic mass is 9.98. The van der Waals surface area contributed by atoms with Crippen molar-refractivity contribution in [3.8, 4) is 22.4 Å². The molecular formula is C23H22N4O2. The number of piperazine rings is 1. The Morgan fingerprint density at radius 1 is 0.966 bits per heavy atom. The maximum Gasteiger partial charge on any atom is 0.274 e. The second kappa shape index (κ2) is 7.47. The molecule has 4 rings (SSSR count). The minimum absolute atomic E-state index is 0.0189. The fourth-order valence-electron chi connectivity index (χ4n) is 3.61. The molecular weight excluding hydrogens is 364 g/mol. The van der Waals surface area contributed by atoms with E-state index in [1.807, 2.05) is 74.5 Å². The minimum atomic E-state index is -0.481. The van der Waals surface area contributed by atoms with Crippen LogP contribution in [0, 0.1) is 0 Å². The number of carbonyl (C=O) groups is 2. The van der Waals surface area contributed by atoms with Crippen molar-refractivity contribution in [3.63, 3.8) is 0 Å². The van der Waals surface area contributed by atoms with Crippen LogP contribution in [0.2, 0.25) is 0 Å². The second-order valence-corrected chi connectivity index (χ2v) is 7.82. The predicted molar refractivity (Wildman–Crippen MR) is 111 cm³/mol. The molecule has 0 saturated carbocycles. The maximum atomic E-state index is 13.1. The molecule has 0 bridgehead atoms. The first-order chi connectivity index (χ1) is 13.9. The van der Waals surface area contributed by atoms with E-state index in [1.165, 1.54) is 4.90 Å². The lowest BCUT2D eigenvalue weighted by Gasteiger charge is -2.38. The van der Waals surface area contributed by atoms with Crippen LogP contribution in [0.3, 0.4) is 0 Å². The largest absolute Gasteiger partial charge is 0.348 e. The Balaban J connectivity index is 1.76. The summed E-state index contributed by atoms with van der Waals surface area (Å²) in [5.74, 6) is -0.469. The Bertz CT molecular complexity index is 1050. The van der Waals surface area contributed by atoms with E-state index in [0.717, 1.165) is 16.7 Å². The van der Waals surface area contributed by atoms with Crippen molar-refractivity contribution in [1.82, 2.24) is 20.4 Å². The van der Waals surface area contributed by atoms with Crippen molar-refractivity contribution in [2.75, 3.05) is 13.1 Å². The standard InChI is InChI=1S/C23H22N4O2/c1-23(2)15-27(14-20(28)24-23)22(29)19-13-18(16-9-5-3-6-10-16)21(26-25-19)17-11-7-4-8-12-17/h3-13H,14-15H2,1-2H3,(H,24,28). The van der Waals surface area contributed by atoms with Gasteiger partial charge in [0.25, 0.3) is 5.91 Å². The molecule has 1 N–H and O–H groups in total. The minimum Gasteiger partial charge on any atom is -0.348 e. The molecule has 1 aromatic heterocycles. The van der Waals surface area contributed by atoms with Gasteiger partial charge in [0.05, 0.1) is 12.1 Å². The molecule has 1 aliphatic rings. The highest BCUT2D eigenvalue weighted by Crippen LogP contribution is 2.30. The molecule has 6 heteroatoms. The van der Waals surface area contributed by atoms with Gasteiger partial charge in [-0.1, -0.05) is 60.7 Å². The molecule has 2 amide bonds. The molecule has 2 heterocycles. The number of nitrogens with one attached hydrogen (secondary N) is 1. The van der Waals surface area contributed by atoms with Crippen LogP contribution in [0.1, 0.15) is 24.3 Å². The molecule has 6 nitrogen and oxygen atoms in total. The second-order valence-electron chi connectivity index (χ2n) is 7.82. The van der Waals surface area contributed by atoms with Crippen LogP contribution in [-0.2, 0) is 4.79 Å². The third-order valence-electron chi connectivity index (χ3n) is 4.83. The van der Waals surface area contributed by atoms with Gasteiger partial charge in [0, 0.05) is 17.7 Å². The molecule has 29 heavy (non-hydrogen) atoms. The molecule has 0 unspecified atom stereocenters. The van der Waals surface area contributed by atoms with Crippen molar-refractivity contribution in [1.29, 1.82) is 0 Å². The van der Waals surface area contributed by atoms with Crippen molar-refractivity contribution >= 4 is 11.8 Å². The first kappa shape index (κ1) is 18.8. The highest BCUT2D eigenvalue weighted by molar-refractivity contribution is 5.97. The summed E-state index contributed by atoms with van der Waals surface area (Å²) in [6.07, 6.45) is 0. The third kappa shape index (κ3) is 4.01. The molecule has 0 atom stereocenters. The summed E-state index contributed by atoms with van der Waals surface area (Å²) in [4.78, 5) is 26.6. The zero-order valence-electron chi connectivity index (χ0n) is 16.4. The molecule has 2 aromatic carbocycles. The van der Waals surface area contributed by atoms with Crippen LogP contribution in [0.15, 0.2) is 66.7 Å². The molecule has 0 aliphatic carbocycles. The smallest absolute Gasteiger partial charge is 0.274 e. The summed E-state index contributed by atoms with van der Waals surface area (Å²) >= 11 is 0. The Morgan fingerprint density at radius 3 is 2.21 bits per heavy atom. The summed E-state index contributed by atoms with van der Waals surface area (Å²) in [5, 5.41) is 11.5. The summed E-state index contributed by atoms with van der Waals surface area (Å²) in [5.41, 5.74) is 3.17. The Labute approximate surface area is 169 Å². The predicted octanol–water partition coefficient (Wildman–Crippen LogP) is 3.16. The summed E-state index contributed by atoms with van der Waals surface area (Å²) < 4.78 is 0. The Kier molecular flexibility index (Phi) is 4.84. The molecule has 1 fully saturated rings. The maximum absolute atomic E-state index is 13.1. The summed E-state index contributed by atoms with van der Waals surface area (Å²) in [7, 11) is 0. The van der Waals surface area contributed by atoms with E-state index in [1.54, 1.807) is 6.07 Å². The van der Waals surface area contributed by atoms with Crippen LogP contribution >= 0.6 is 0 Å². The van der Waals surface area contributed by atoms with Crippen LogP contribution in [0.4, 0.5) is 0 Å². The SMILES string of the molecule is CC1(C)CN(C(=O)c2cc(-c3ccccc3)c(-c3ccccc3)nn2)CC(=O)N1. The van der Waals surface area contributed by atoms with Gasteiger partial charge in [-0.05, 0) is 25.5 Å². The topological polar surface area (TPSA) is 75.2 Å². The van der Waals surface area contributed by atoms with E-state index in [0.29, 0.717) is 12.2 Å². The first-order valence-corrected chi connectivity index (χ1v) is 9.52. The van der Waals surface area contributed by atoms with Crippen molar-refractivity contribution in [2.45, 2.75) is 19.4 Å². The number of nitrogens with zero attached hydrogens (tertiary/aromatic N) is 3. The van der Waals surface area contributed by atoms with E-state index < -0.39 is 5.54 Å². The zero-order chi connectivity index (χ0) is 20.4. The van der Waals surface area contributed by atoms with Crippen LogP contribution < -0.4 is 5.32 Å². The van der Waals surface area contributed by atoms with Crippen molar-refractivity contribution < 1.29 is 9.59 Å². The number of rotatable bonds is 3. The number of hydrogen-bond acceptors (Lipinski definition) is 4. The lowest BCUT2D eigenvalue weighted by Crippen LogP contribution is -2.61. The van der Waals surface area contributed by atoms with Gasteiger partial charge in [0.2, 0.25) is 5.91 Å². The van der Waals surface area contributed by atoms with Gasteiger partial charge in [0.15, 0.2) is 5.69 Å². The average Bonchev–Trinajstić information content (AvgIpc) is 2.72. The first-order valence-electron chi connectivity index (χ1n) is 9.52. The molecule has 0 radical (unpaired) electrons. The molecule has 146 valence electrons. The molecule has 0 spiro atoms. The summed E-state index contributed by atoms with van der Waals surface area (Å²) in [6.45, 7) is 4.22. The van der Waals surface area contributed by atoms with Crippen molar-refractivity contribution in [2.24, 2.45) is 0 Å². The Hall–Kier alpha value is -3.54. The quantitative estimate of drug-likeness (QED) is 0.750. The fourth-order valence-corrected chi connectivity index (χ4v) is 3.61. The summed E-state index contributed by atoms with van der Waals surface area (Å²) in [6, 6.07) is 21.3. The molecule has 3 aromatic rings. The van der Waals surface area contributed by atoms with Crippen molar-refractivity contribution in [3.05, 3.63) is 72.4 Å². The van der Waals surface area contributed by atoms with E-state index in [9.17, 15) is 9.59 Å². The normalized spacial score (nSPS) is 15.7. The van der Waals surface area contributed by atoms with Gasteiger partial charge >= 0.3 is 0 Å². The fraction of sp³-hybridized carbons (Fsp3) is 0.217. The van der Waals surface area contributed by atoms with E-state index in [2.05, 4.69) is 15.5 Å². The van der Waals surface area contributed by atoms with E-state index >= 15 is 0 Å². The zero-order valence-corrected chi connectivity index (χ0v) is 16.4. The average molecular weight is 386 g/mol. The number of amides is 2. The lowest BCUT2D eigenvalue weighted by molar-refractivity contribution is -0.126. The monoisotopic (exact) mass is 386 g/mol. The van der Waals surface area contributed by atoms with Gasteiger partial charge in [0.1, 0.15) is 5.69 Å². The van der Waals surface area contributed by atoms with E-state index in [4.69, 9.17) is 0 Å². The van der Waals surface area contributed by atoms with Gasteiger partial charge in [-0.3, -0.25) is 9.59 Å². The Morgan fingerprint density at radius 2 is 1.59 bits per heavy atom. The number of benzene rings is 2. The van der Waals surface area contributed by atoms with Gasteiger partial charge in [-0.25, -0.2) is 0 Å². The molecule has 1 saturated heterocycles. The number of carbonyl (C=O) groups excluding carboxylic acids is 2. The molecule has 1 aliphatic heterocycles. The number of hydrogen-bond donors (Lipinski definition) is 1. The van der Waals surface area contributed by atoms with Gasteiger partial charge < -0.3 is 10.2 Å². The van der Waals surface area contributed by atoms with E-state index in [-0.39, 0.29) is 24.1 Å². The highest BCUT2D eigenvalue weighted by Gasteiger charge is 2.34.